The lowest BCUT2D eigenvalue weighted by Gasteiger charge is -2.34. The Bertz CT molecular complexity index is 1260. The Morgan fingerprint density at radius 1 is 1.17 bits per heavy atom. The minimum atomic E-state index is 0.196. The zero-order valence-electron chi connectivity index (χ0n) is 21.8. The van der Waals surface area contributed by atoms with Gasteiger partial charge in [-0.15, -0.1) is 6.58 Å². The van der Waals surface area contributed by atoms with E-state index < -0.39 is 0 Å². The highest BCUT2D eigenvalue weighted by molar-refractivity contribution is 5.58. The molecule has 2 aromatic carbocycles. The first-order chi connectivity index (χ1) is 16.8. The predicted octanol–water partition coefficient (Wildman–Crippen LogP) is 7.06. The quantitative estimate of drug-likeness (QED) is 0.324. The minimum absolute atomic E-state index is 0.196. The van der Waals surface area contributed by atoms with E-state index in [2.05, 4.69) is 81.6 Å². The third kappa shape index (κ3) is 4.54. The van der Waals surface area contributed by atoms with Gasteiger partial charge in [0, 0.05) is 42.6 Å². The van der Waals surface area contributed by atoms with Crippen LogP contribution in [0.15, 0.2) is 61.3 Å². The summed E-state index contributed by atoms with van der Waals surface area (Å²) in [7, 11) is 0. The molecule has 1 aromatic heterocycles. The van der Waals surface area contributed by atoms with Crippen LogP contribution in [0, 0.1) is 19.3 Å². The van der Waals surface area contributed by atoms with Crippen LogP contribution >= 0.6 is 0 Å². The fourth-order valence-electron chi connectivity index (χ4n) is 6.39. The average Bonchev–Trinajstić information content (AvgIpc) is 3.19. The molecule has 0 saturated heterocycles. The van der Waals surface area contributed by atoms with Crippen LogP contribution in [0.3, 0.4) is 0 Å². The van der Waals surface area contributed by atoms with Crippen LogP contribution in [0.25, 0.3) is 0 Å². The van der Waals surface area contributed by atoms with Gasteiger partial charge in [-0.2, -0.15) is 0 Å². The van der Waals surface area contributed by atoms with Crippen molar-refractivity contribution in [3.05, 3.63) is 106 Å². The molecule has 2 N–H and O–H groups in total. The molecule has 5 rings (SSSR count). The number of nitrogens with zero attached hydrogens (tertiary/aromatic N) is 2. The summed E-state index contributed by atoms with van der Waals surface area (Å²) in [5.41, 5.74) is 18.3. The average molecular weight is 466 g/mol. The molecule has 2 aliphatic rings. The minimum Gasteiger partial charge on any atom is -0.398 e. The van der Waals surface area contributed by atoms with Crippen LogP contribution in [-0.4, -0.2) is 16.4 Å². The lowest BCUT2D eigenvalue weighted by Crippen LogP contribution is -2.35. The molecular formula is C32H39N3. The molecule has 0 radical (unpaired) electrons. The molecule has 182 valence electrons. The van der Waals surface area contributed by atoms with Crippen LogP contribution in [-0.2, 0) is 19.4 Å². The predicted molar refractivity (Wildman–Crippen MR) is 147 cm³/mol. The molecule has 1 aliphatic carbocycles. The number of allylic oxidation sites excluding steroid dienone is 1. The van der Waals surface area contributed by atoms with E-state index in [0.717, 1.165) is 43.6 Å². The van der Waals surface area contributed by atoms with Gasteiger partial charge in [-0.3, -0.25) is 9.88 Å². The van der Waals surface area contributed by atoms with Crippen molar-refractivity contribution in [1.29, 1.82) is 0 Å². The number of nitrogens with two attached hydrogens (primary N) is 1. The summed E-state index contributed by atoms with van der Waals surface area (Å²) in [5.74, 6) is 0.271. The molecule has 1 aliphatic heterocycles. The van der Waals surface area contributed by atoms with E-state index in [1.54, 1.807) is 0 Å². The standard InChI is InChI=1S/C32H39N3/c1-6-8-27(26-14-10-21(2)31(33)22(26)3)24-12-11-23-13-15-30(28(23)17-24)35-19-25-9-7-16-34-29(25)18-32(4,5)20-35/h6-7,9-12,14,16-17,27,30H,1,8,13,15,18-20,33H2,2-5H3. The highest BCUT2D eigenvalue weighted by Gasteiger charge is 2.35. The highest BCUT2D eigenvalue weighted by atomic mass is 15.2. The van der Waals surface area contributed by atoms with Gasteiger partial charge in [-0.05, 0) is 90.0 Å². The Balaban J connectivity index is 1.52. The molecule has 0 fully saturated rings. The smallest absolute Gasteiger partial charge is 0.0454 e. The third-order valence-electron chi connectivity index (χ3n) is 8.25. The zero-order valence-corrected chi connectivity index (χ0v) is 21.8. The highest BCUT2D eigenvalue weighted by Crippen LogP contribution is 2.43. The summed E-state index contributed by atoms with van der Waals surface area (Å²) < 4.78 is 0. The Kier molecular flexibility index (Phi) is 6.31. The van der Waals surface area contributed by atoms with Gasteiger partial charge in [-0.1, -0.05) is 56.3 Å². The molecule has 0 bridgehead atoms. The summed E-state index contributed by atoms with van der Waals surface area (Å²) in [6, 6.07) is 16.5. The van der Waals surface area contributed by atoms with Crippen LogP contribution in [0.5, 0.6) is 0 Å². The summed E-state index contributed by atoms with van der Waals surface area (Å²) in [6.45, 7) is 15.2. The maximum Gasteiger partial charge on any atom is 0.0454 e. The number of aryl methyl sites for hydroxylation is 2. The van der Waals surface area contributed by atoms with E-state index in [-0.39, 0.29) is 11.3 Å². The molecular weight excluding hydrogens is 426 g/mol. The summed E-state index contributed by atoms with van der Waals surface area (Å²) in [6.07, 6.45) is 8.28. The Hall–Kier alpha value is -2.91. The van der Waals surface area contributed by atoms with Crippen LogP contribution in [0.2, 0.25) is 0 Å². The van der Waals surface area contributed by atoms with Crippen molar-refractivity contribution in [2.45, 2.75) is 71.9 Å². The van der Waals surface area contributed by atoms with E-state index in [1.165, 1.54) is 45.5 Å². The van der Waals surface area contributed by atoms with Gasteiger partial charge in [0.05, 0.1) is 0 Å². The maximum atomic E-state index is 6.45. The van der Waals surface area contributed by atoms with Gasteiger partial charge in [-0.25, -0.2) is 0 Å². The number of rotatable bonds is 5. The van der Waals surface area contributed by atoms with Crippen molar-refractivity contribution >= 4 is 5.69 Å². The molecule has 2 atom stereocenters. The lowest BCUT2D eigenvalue weighted by molar-refractivity contribution is 0.128. The molecule has 0 spiro atoms. The van der Waals surface area contributed by atoms with Crippen LogP contribution in [0.4, 0.5) is 5.69 Å². The summed E-state index contributed by atoms with van der Waals surface area (Å²) in [4.78, 5) is 7.47. The number of aromatic nitrogens is 1. The van der Waals surface area contributed by atoms with Gasteiger partial charge < -0.3 is 5.73 Å². The molecule has 3 nitrogen and oxygen atoms in total. The van der Waals surface area contributed by atoms with Gasteiger partial charge in [0.1, 0.15) is 0 Å². The first kappa shape index (κ1) is 23.8. The normalized spacial score (nSPS) is 20.1. The van der Waals surface area contributed by atoms with Crippen molar-refractivity contribution in [2.75, 3.05) is 12.3 Å². The molecule has 2 unspecified atom stereocenters. The number of benzene rings is 2. The topological polar surface area (TPSA) is 42.2 Å². The number of pyridine rings is 1. The Morgan fingerprint density at radius 3 is 2.80 bits per heavy atom. The first-order valence-electron chi connectivity index (χ1n) is 13.0. The van der Waals surface area contributed by atoms with Gasteiger partial charge in [0.2, 0.25) is 0 Å². The van der Waals surface area contributed by atoms with Crippen LogP contribution < -0.4 is 5.73 Å². The van der Waals surface area contributed by atoms with E-state index in [0.29, 0.717) is 6.04 Å². The summed E-state index contributed by atoms with van der Waals surface area (Å²) in [5, 5.41) is 0. The largest absolute Gasteiger partial charge is 0.398 e. The van der Waals surface area contributed by atoms with E-state index in [4.69, 9.17) is 10.7 Å². The molecule has 2 heterocycles. The maximum absolute atomic E-state index is 6.45. The summed E-state index contributed by atoms with van der Waals surface area (Å²) >= 11 is 0. The lowest BCUT2D eigenvalue weighted by atomic mass is 9.83. The van der Waals surface area contributed by atoms with Crippen molar-refractivity contribution < 1.29 is 0 Å². The second-order valence-corrected chi connectivity index (χ2v) is 11.5. The molecule has 0 saturated carbocycles. The van der Waals surface area contributed by atoms with Crippen LogP contribution in [0.1, 0.15) is 83.3 Å². The van der Waals surface area contributed by atoms with Gasteiger partial charge in [0.15, 0.2) is 0 Å². The van der Waals surface area contributed by atoms with E-state index in [9.17, 15) is 0 Å². The molecule has 0 amide bonds. The number of nitrogen functional groups attached to an aromatic ring is 1. The van der Waals surface area contributed by atoms with Gasteiger partial charge in [0.25, 0.3) is 0 Å². The monoisotopic (exact) mass is 465 g/mol. The Morgan fingerprint density at radius 2 is 2.00 bits per heavy atom. The van der Waals surface area contributed by atoms with E-state index >= 15 is 0 Å². The third-order valence-corrected chi connectivity index (χ3v) is 8.25. The number of hydrogen-bond donors (Lipinski definition) is 1. The number of anilines is 1. The van der Waals surface area contributed by atoms with Crippen molar-refractivity contribution in [1.82, 2.24) is 9.88 Å². The zero-order chi connectivity index (χ0) is 24.7. The molecule has 3 heteroatoms. The Labute approximate surface area is 211 Å². The van der Waals surface area contributed by atoms with E-state index in [1.807, 2.05) is 12.3 Å². The van der Waals surface area contributed by atoms with Crippen molar-refractivity contribution in [3.63, 3.8) is 0 Å². The molecule has 35 heavy (non-hydrogen) atoms. The first-order valence-corrected chi connectivity index (χ1v) is 13.0. The second-order valence-electron chi connectivity index (χ2n) is 11.5. The fraction of sp³-hybridized carbons (Fsp3) is 0.406. The second kappa shape index (κ2) is 9.28. The van der Waals surface area contributed by atoms with Crippen molar-refractivity contribution in [3.8, 4) is 0 Å². The number of hydrogen-bond acceptors (Lipinski definition) is 3. The van der Waals surface area contributed by atoms with Crippen molar-refractivity contribution in [2.24, 2.45) is 5.41 Å². The fourth-order valence-corrected chi connectivity index (χ4v) is 6.39. The molecule has 3 aromatic rings. The number of fused-ring (bicyclic) bond motifs is 2. The van der Waals surface area contributed by atoms with Gasteiger partial charge >= 0.3 is 0 Å². The SMILES string of the molecule is C=CCC(c1ccc2c(c1)C(N1Cc3cccnc3CC(C)(C)C1)CC2)c1ccc(C)c(N)c1C.